The maximum Gasteiger partial charge on any atom is 0.271 e. The minimum Gasteiger partial charge on any atom is -0.269 e. The summed E-state index contributed by atoms with van der Waals surface area (Å²) in [6.07, 6.45) is 1.58. The molecule has 160 valence electrons. The number of sulfonamides is 1. The van der Waals surface area contributed by atoms with Gasteiger partial charge in [-0.25, -0.2) is 13.8 Å². The van der Waals surface area contributed by atoms with Gasteiger partial charge in [-0.05, 0) is 53.4 Å². The van der Waals surface area contributed by atoms with Gasteiger partial charge in [0.2, 0.25) is 0 Å². The third kappa shape index (κ3) is 5.38. The maximum absolute atomic E-state index is 12.7. The fraction of sp³-hybridized carbons (Fsp3) is 0.167. The van der Waals surface area contributed by atoms with Gasteiger partial charge < -0.3 is 0 Å². The monoisotopic (exact) mass is 435 g/mol. The van der Waals surface area contributed by atoms with E-state index in [1.54, 1.807) is 60.8 Å². The molecule has 0 aliphatic carbocycles. The minimum atomic E-state index is -3.67. The summed E-state index contributed by atoms with van der Waals surface area (Å²) < 4.78 is 26.6. The van der Waals surface area contributed by atoms with Gasteiger partial charge in [-0.1, -0.05) is 56.3 Å². The third-order valence-electron chi connectivity index (χ3n) is 4.88. The van der Waals surface area contributed by atoms with Crippen LogP contribution in [0.3, 0.4) is 0 Å². The highest BCUT2D eigenvalue weighted by molar-refractivity contribution is 7.92. The van der Waals surface area contributed by atoms with Crippen LogP contribution >= 0.6 is 0 Å². The number of rotatable bonds is 7. The van der Waals surface area contributed by atoms with Crippen molar-refractivity contribution in [2.24, 2.45) is 5.10 Å². The van der Waals surface area contributed by atoms with E-state index in [9.17, 15) is 13.2 Å². The second kappa shape index (κ2) is 9.57. The van der Waals surface area contributed by atoms with E-state index in [4.69, 9.17) is 0 Å². The molecule has 3 aromatic rings. The number of carbonyl (C=O) groups excluding carboxylic acids is 1. The van der Waals surface area contributed by atoms with Crippen molar-refractivity contribution in [2.45, 2.75) is 24.7 Å². The van der Waals surface area contributed by atoms with Crippen molar-refractivity contribution in [2.75, 3.05) is 11.4 Å². The molecule has 3 rings (SSSR count). The number of hydrogen-bond acceptors (Lipinski definition) is 4. The fourth-order valence-electron chi connectivity index (χ4n) is 2.91. The molecule has 7 heteroatoms. The summed E-state index contributed by atoms with van der Waals surface area (Å²) in [7, 11) is -2.19. The molecular weight excluding hydrogens is 410 g/mol. The molecule has 0 radical (unpaired) electrons. The molecule has 0 saturated carbocycles. The summed E-state index contributed by atoms with van der Waals surface area (Å²) >= 11 is 0. The smallest absolute Gasteiger partial charge is 0.269 e. The van der Waals surface area contributed by atoms with Crippen LogP contribution in [0.2, 0.25) is 0 Å². The van der Waals surface area contributed by atoms with E-state index in [-0.39, 0.29) is 10.8 Å². The van der Waals surface area contributed by atoms with Crippen molar-refractivity contribution in [1.82, 2.24) is 5.43 Å². The number of amides is 1. The normalized spacial score (nSPS) is 11.6. The Balaban J connectivity index is 1.64. The molecule has 0 aliphatic heterocycles. The molecule has 0 unspecified atom stereocenters. The van der Waals surface area contributed by atoms with Crippen molar-refractivity contribution < 1.29 is 13.2 Å². The van der Waals surface area contributed by atoms with Crippen LogP contribution in [0.4, 0.5) is 5.69 Å². The standard InChI is InChI=1S/C24H25N3O3S/c1-18(2)20-11-9-19(10-12-20)17-25-26-24(28)21-13-15-22(16-14-21)27(3)31(29,30)23-7-5-4-6-8-23/h4-18H,1-3H3,(H,26,28). The van der Waals surface area contributed by atoms with Crippen molar-refractivity contribution >= 4 is 27.8 Å². The summed E-state index contributed by atoms with van der Waals surface area (Å²) in [4.78, 5) is 12.5. The van der Waals surface area contributed by atoms with Crippen LogP contribution in [-0.4, -0.2) is 27.6 Å². The molecule has 0 atom stereocenters. The van der Waals surface area contributed by atoms with Gasteiger partial charge in [0.1, 0.15) is 0 Å². The van der Waals surface area contributed by atoms with Gasteiger partial charge in [-0.2, -0.15) is 5.10 Å². The van der Waals surface area contributed by atoms with Gasteiger partial charge in [0.05, 0.1) is 16.8 Å². The molecule has 0 fully saturated rings. The summed E-state index contributed by atoms with van der Waals surface area (Å²) in [5.74, 6) is 0.0746. The van der Waals surface area contributed by atoms with E-state index < -0.39 is 10.0 Å². The lowest BCUT2D eigenvalue weighted by molar-refractivity contribution is 0.0955. The second-order valence-corrected chi connectivity index (χ2v) is 9.32. The van der Waals surface area contributed by atoms with Crippen LogP contribution < -0.4 is 9.73 Å². The van der Waals surface area contributed by atoms with Crippen LogP contribution in [0.1, 0.15) is 41.3 Å². The van der Waals surface area contributed by atoms with Crippen molar-refractivity contribution in [3.8, 4) is 0 Å². The van der Waals surface area contributed by atoms with Crippen LogP contribution in [0, 0.1) is 0 Å². The molecular formula is C24H25N3O3S. The van der Waals surface area contributed by atoms with Crippen molar-refractivity contribution in [3.05, 3.63) is 95.6 Å². The third-order valence-corrected chi connectivity index (χ3v) is 6.68. The molecule has 3 aromatic carbocycles. The first-order valence-corrected chi connectivity index (χ1v) is 11.3. The molecule has 31 heavy (non-hydrogen) atoms. The number of carbonyl (C=O) groups is 1. The van der Waals surface area contributed by atoms with Gasteiger partial charge in [0.15, 0.2) is 0 Å². The highest BCUT2D eigenvalue weighted by Gasteiger charge is 2.21. The molecule has 6 nitrogen and oxygen atoms in total. The van der Waals surface area contributed by atoms with Crippen LogP contribution in [0.5, 0.6) is 0 Å². The Kier molecular flexibility index (Phi) is 6.87. The first kappa shape index (κ1) is 22.2. The Bertz CT molecular complexity index is 1150. The van der Waals surface area contributed by atoms with E-state index in [1.807, 2.05) is 24.3 Å². The lowest BCUT2D eigenvalue weighted by Gasteiger charge is -2.19. The molecule has 0 aliphatic rings. The van der Waals surface area contributed by atoms with Crippen molar-refractivity contribution in [1.29, 1.82) is 0 Å². The van der Waals surface area contributed by atoms with Gasteiger partial charge in [0.25, 0.3) is 15.9 Å². The number of nitrogens with one attached hydrogen (secondary N) is 1. The van der Waals surface area contributed by atoms with Crippen LogP contribution in [0.15, 0.2) is 88.9 Å². The largest absolute Gasteiger partial charge is 0.271 e. The van der Waals surface area contributed by atoms with Gasteiger partial charge in [0, 0.05) is 12.6 Å². The summed E-state index contributed by atoms with van der Waals surface area (Å²) in [5.41, 5.74) is 5.44. The Morgan fingerprint density at radius 1 is 0.935 bits per heavy atom. The number of hydrazone groups is 1. The zero-order valence-corrected chi connectivity index (χ0v) is 18.5. The van der Waals surface area contributed by atoms with E-state index in [0.717, 1.165) is 5.56 Å². The zero-order valence-electron chi connectivity index (χ0n) is 17.7. The van der Waals surface area contributed by atoms with Crippen LogP contribution in [-0.2, 0) is 10.0 Å². The Morgan fingerprint density at radius 2 is 1.55 bits per heavy atom. The first-order valence-electron chi connectivity index (χ1n) is 9.86. The number of hydrogen-bond donors (Lipinski definition) is 1. The molecule has 0 bridgehead atoms. The fourth-order valence-corrected chi connectivity index (χ4v) is 4.13. The summed E-state index contributed by atoms with van der Waals surface area (Å²) in [6.45, 7) is 4.26. The molecule has 0 heterocycles. The van der Waals surface area contributed by atoms with Gasteiger partial charge in [-0.3, -0.25) is 9.10 Å². The average molecular weight is 436 g/mol. The topological polar surface area (TPSA) is 78.8 Å². The predicted molar refractivity (Wildman–Crippen MR) is 124 cm³/mol. The highest BCUT2D eigenvalue weighted by Crippen LogP contribution is 2.22. The molecule has 1 N–H and O–H groups in total. The Morgan fingerprint density at radius 3 is 2.13 bits per heavy atom. The van der Waals surface area contributed by atoms with E-state index in [2.05, 4.69) is 24.4 Å². The Hall–Kier alpha value is -3.45. The SMILES string of the molecule is CC(C)c1ccc(C=NNC(=O)c2ccc(N(C)S(=O)(=O)c3ccccc3)cc2)cc1. The molecule has 1 amide bonds. The minimum absolute atomic E-state index is 0.204. The van der Waals surface area contributed by atoms with E-state index in [0.29, 0.717) is 17.2 Å². The van der Waals surface area contributed by atoms with Crippen molar-refractivity contribution in [3.63, 3.8) is 0 Å². The van der Waals surface area contributed by atoms with E-state index >= 15 is 0 Å². The number of nitrogens with zero attached hydrogens (tertiary/aromatic N) is 2. The van der Waals surface area contributed by atoms with Gasteiger partial charge >= 0.3 is 0 Å². The van der Waals surface area contributed by atoms with Gasteiger partial charge in [-0.15, -0.1) is 0 Å². The summed E-state index contributed by atoms with van der Waals surface area (Å²) in [5, 5.41) is 4.00. The molecule has 0 spiro atoms. The predicted octanol–water partition coefficient (Wildman–Crippen LogP) is 4.40. The Labute approximate surface area is 183 Å². The zero-order chi connectivity index (χ0) is 22.4. The molecule has 0 saturated heterocycles. The van der Waals surface area contributed by atoms with E-state index in [1.165, 1.54) is 16.9 Å². The average Bonchev–Trinajstić information content (AvgIpc) is 2.79. The number of benzene rings is 3. The lowest BCUT2D eigenvalue weighted by Crippen LogP contribution is -2.26. The van der Waals surface area contributed by atoms with Crippen LogP contribution in [0.25, 0.3) is 0 Å². The quantitative estimate of drug-likeness (QED) is 0.441. The second-order valence-electron chi connectivity index (χ2n) is 7.35. The lowest BCUT2D eigenvalue weighted by atomic mass is 10.0. The highest BCUT2D eigenvalue weighted by atomic mass is 32.2. The molecule has 0 aromatic heterocycles. The number of anilines is 1. The maximum atomic E-state index is 12.7. The first-order chi connectivity index (χ1) is 14.8. The summed E-state index contributed by atoms with van der Waals surface area (Å²) in [6, 6.07) is 22.5.